The summed E-state index contributed by atoms with van der Waals surface area (Å²) in [4.78, 5) is 25.4. The summed E-state index contributed by atoms with van der Waals surface area (Å²) in [5, 5.41) is 2.66. The molecule has 1 heterocycles. The maximum Gasteiger partial charge on any atom is 0.256 e. The molecule has 0 radical (unpaired) electrons. The van der Waals surface area contributed by atoms with Gasteiger partial charge >= 0.3 is 0 Å². The van der Waals surface area contributed by atoms with Crippen molar-refractivity contribution in [3.8, 4) is 0 Å². The number of benzene rings is 1. The van der Waals surface area contributed by atoms with Gasteiger partial charge in [0.25, 0.3) is 5.91 Å². The predicted molar refractivity (Wildman–Crippen MR) is 91.8 cm³/mol. The van der Waals surface area contributed by atoms with E-state index < -0.39 is 17.8 Å². The quantitative estimate of drug-likeness (QED) is 0.856. The molecular formula is C16H23ClFN3O3. The Morgan fingerprint density at radius 3 is 2.54 bits per heavy atom. The minimum atomic E-state index is -0.656. The van der Waals surface area contributed by atoms with E-state index in [1.807, 2.05) is 0 Å². The van der Waals surface area contributed by atoms with Gasteiger partial charge in [-0.1, -0.05) is 0 Å². The molecule has 2 rings (SSSR count). The van der Waals surface area contributed by atoms with Crippen molar-refractivity contribution in [2.75, 3.05) is 32.6 Å². The monoisotopic (exact) mass is 359 g/mol. The zero-order valence-electron chi connectivity index (χ0n) is 13.8. The summed E-state index contributed by atoms with van der Waals surface area (Å²) in [7, 11) is 3.07. The average molecular weight is 360 g/mol. The number of carbonyl (C=O) groups is 2. The minimum Gasteiger partial charge on any atom is -0.381 e. The predicted octanol–water partition coefficient (Wildman–Crippen LogP) is 1.64. The molecule has 1 aromatic rings. The fourth-order valence-electron chi connectivity index (χ4n) is 2.52. The second-order valence-electron chi connectivity index (χ2n) is 5.86. The number of amides is 2. The third-order valence-corrected chi connectivity index (χ3v) is 3.95. The zero-order valence-corrected chi connectivity index (χ0v) is 14.6. The molecule has 0 bridgehead atoms. The number of carbonyl (C=O) groups excluding carboxylic acids is 2. The zero-order chi connectivity index (χ0) is 17.0. The molecule has 0 saturated carbocycles. The highest BCUT2D eigenvalue weighted by atomic mass is 35.5. The van der Waals surface area contributed by atoms with Gasteiger partial charge in [-0.3, -0.25) is 9.59 Å². The van der Waals surface area contributed by atoms with E-state index in [1.54, 1.807) is 0 Å². The number of hydrogen-bond donors (Lipinski definition) is 2. The van der Waals surface area contributed by atoms with E-state index in [0.717, 1.165) is 18.9 Å². The number of rotatable bonds is 4. The molecule has 1 atom stereocenters. The lowest BCUT2D eigenvalue weighted by Crippen LogP contribution is -2.44. The number of ether oxygens (including phenoxy) is 1. The van der Waals surface area contributed by atoms with Crippen molar-refractivity contribution in [2.24, 2.45) is 11.7 Å². The van der Waals surface area contributed by atoms with E-state index in [-0.39, 0.29) is 29.8 Å². The average Bonchev–Trinajstić information content (AvgIpc) is 2.55. The number of halogens is 2. The van der Waals surface area contributed by atoms with Crippen LogP contribution in [0.3, 0.4) is 0 Å². The lowest BCUT2D eigenvalue weighted by molar-refractivity contribution is -0.119. The van der Waals surface area contributed by atoms with E-state index >= 15 is 0 Å². The number of nitrogens with one attached hydrogen (secondary N) is 1. The van der Waals surface area contributed by atoms with E-state index in [2.05, 4.69) is 5.32 Å². The molecule has 8 heteroatoms. The molecule has 6 nitrogen and oxygen atoms in total. The van der Waals surface area contributed by atoms with E-state index in [9.17, 15) is 14.0 Å². The van der Waals surface area contributed by atoms with Gasteiger partial charge in [0.15, 0.2) is 0 Å². The molecule has 134 valence electrons. The highest BCUT2D eigenvalue weighted by Gasteiger charge is 2.27. The van der Waals surface area contributed by atoms with Crippen molar-refractivity contribution in [3.05, 3.63) is 29.6 Å². The summed E-state index contributed by atoms with van der Waals surface area (Å²) in [6.07, 6.45) is 1.48. The molecule has 1 unspecified atom stereocenters. The Hall–Kier alpha value is -1.70. The molecule has 0 aromatic heterocycles. The summed E-state index contributed by atoms with van der Waals surface area (Å²) < 4.78 is 19.0. The van der Waals surface area contributed by atoms with E-state index in [4.69, 9.17) is 10.5 Å². The van der Waals surface area contributed by atoms with Crippen LogP contribution in [0.1, 0.15) is 23.2 Å². The molecular weight excluding hydrogens is 337 g/mol. The van der Waals surface area contributed by atoms with Gasteiger partial charge in [0.2, 0.25) is 5.91 Å². The first-order valence-electron chi connectivity index (χ1n) is 7.55. The SMILES string of the molecule is CN(C)C(=O)c1cc(NC(=O)C(N)C2CCOCC2)ccc1F.Cl. The van der Waals surface area contributed by atoms with Gasteiger partial charge < -0.3 is 20.7 Å². The fraction of sp³-hybridized carbons (Fsp3) is 0.500. The van der Waals surface area contributed by atoms with Crippen molar-refractivity contribution in [1.82, 2.24) is 4.90 Å². The first kappa shape index (κ1) is 20.3. The van der Waals surface area contributed by atoms with Crippen LogP contribution in [0.15, 0.2) is 18.2 Å². The maximum absolute atomic E-state index is 13.8. The lowest BCUT2D eigenvalue weighted by atomic mass is 9.92. The number of nitrogens with two attached hydrogens (primary N) is 1. The van der Waals surface area contributed by atoms with Crippen molar-refractivity contribution in [2.45, 2.75) is 18.9 Å². The van der Waals surface area contributed by atoms with Gasteiger partial charge in [-0.2, -0.15) is 0 Å². The molecule has 3 N–H and O–H groups in total. The van der Waals surface area contributed by atoms with Crippen LogP contribution in [0.5, 0.6) is 0 Å². The largest absolute Gasteiger partial charge is 0.381 e. The Balaban J connectivity index is 0.00000288. The van der Waals surface area contributed by atoms with Crippen molar-refractivity contribution in [1.29, 1.82) is 0 Å². The van der Waals surface area contributed by atoms with Crippen LogP contribution in [-0.4, -0.2) is 50.1 Å². The highest BCUT2D eigenvalue weighted by Crippen LogP contribution is 2.20. The summed E-state index contributed by atoms with van der Waals surface area (Å²) in [5.41, 5.74) is 6.26. The molecule has 1 saturated heterocycles. The van der Waals surface area contributed by atoms with Crippen LogP contribution in [0, 0.1) is 11.7 Å². The van der Waals surface area contributed by atoms with Crippen LogP contribution in [0.25, 0.3) is 0 Å². The van der Waals surface area contributed by atoms with Crippen molar-refractivity contribution >= 4 is 29.9 Å². The van der Waals surface area contributed by atoms with E-state index in [1.165, 1.54) is 31.1 Å². The van der Waals surface area contributed by atoms with Crippen LogP contribution >= 0.6 is 12.4 Å². The minimum absolute atomic E-state index is 0. The molecule has 1 fully saturated rings. The first-order valence-corrected chi connectivity index (χ1v) is 7.55. The standard InChI is InChI=1S/C16H22FN3O3.ClH/c1-20(2)16(22)12-9-11(3-4-13(12)17)19-15(21)14(18)10-5-7-23-8-6-10;/h3-4,9-10,14H,5-8,18H2,1-2H3,(H,19,21);1H. The summed E-state index contributed by atoms with van der Waals surface area (Å²) >= 11 is 0. The smallest absolute Gasteiger partial charge is 0.256 e. The van der Waals surface area contributed by atoms with Gasteiger partial charge in [-0.05, 0) is 37.0 Å². The molecule has 24 heavy (non-hydrogen) atoms. The molecule has 1 aliphatic heterocycles. The maximum atomic E-state index is 13.8. The van der Waals surface area contributed by atoms with Crippen LogP contribution in [0.4, 0.5) is 10.1 Å². The Labute approximate surface area is 146 Å². The van der Waals surface area contributed by atoms with Gasteiger partial charge in [-0.15, -0.1) is 12.4 Å². The van der Waals surface area contributed by atoms with Crippen molar-refractivity contribution in [3.63, 3.8) is 0 Å². The van der Waals surface area contributed by atoms with Crippen LogP contribution < -0.4 is 11.1 Å². The van der Waals surface area contributed by atoms with Crippen molar-refractivity contribution < 1.29 is 18.7 Å². The Kier molecular flexibility index (Phi) is 7.59. The molecule has 0 aliphatic carbocycles. The topological polar surface area (TPSA) is 84.7 Å². The number of hydrogen-bond acceptors (Lipinski definition) is 4. The summed E-state index contributed by atoms with van der Waals surface area (Å²) in [6.45, 7) is 1.20. The third kappa shape index (κ3) is 4.90. The first-order chi connectivity index (χ1) is 10.9. The van der Waals surface area contributed by atoms with Crippen LogP contribution in [-0.2, 0) is 9.53 Å². The second kappa shape index (κ2) is 8.96. The Bertz CT molecular complexity index is 592. The molecule has 1 aliphatic rings. The van der Waals surface area contributed by atoms with Gasteiger partial charge in [0.1, 0.15) is 5.82 Å². The van der Waals surface area contributed by atoms with Crippen LogP contribution in [0.2, 0.25) is 0 Å². The number of nitrogens with zero attached hydrogens (tertiary/aromatic N) is 1. The van der Waals surface area contributed by atoms with Gasteiger partial charge in [-0.25, -0.2) is 4.39 Å². The Morgan fingerprint density at radius 1 is 1.33 bits per heavy atom. The van der Waals surface area contributed by atoms with Gasteiger partial charge in [0.05, 0.1) is 11.6 Å². The Morgan fingerprint density at radius 2 is 1.96 bits per heavy atom. The third-order valence-electron chi connectivity index (χ3n) is 3.95. The summed E-state index contributed by atoms with van der Waals surface area (Å²) in [6, 6.07) is 3.24. The highest BCUT2D eigenvalue weighted by molar-refractivity contribution is 5.98. The number of anilines is 1. The molecule has 1 aromatic carbocycles. The molecule has 2 amide bonds. The van der Waals surface area contributed by atoms with Gasteiger partial charge in [0, 0.05) is 33.0 Å². The lowest BCUT2D eigenvalue weighted by Gasteiger charge is -2.26. The van der Waals surface area contributed by atoms with E-state index in [0.29, 0.717) is 18.9 Å². The second-order valence-corrected chi connectivity index (χ2v) is 5.86. The summed E-state index contributed by atoms with van der Waals surface area (Å²) in [5.74, 6) is -1.37. The molecule has 0 spiro atoms. The normalized spacial score (nSPS) is 16.0. The fourth-order valence-corrected chi connectivity index (χ4v) is 2.52.